The molecule has 0 spiro atoms. The van der Waals surface area contributed by atoms with Gasteiger partial charge in [0.2, 0.25) is 5.91 Å². The number of nitrogens with zero attached hydrogens (tertiary/aromatic N) is 2. The van der Waals surface area contributed by atoms with E-state index < -0.39 is 5.97 Å². The van der Waals surface area contributed by atoms with Crippen LogP contribution in [0.1, 0.15) is 49.1 Å². The van der Waals surface area contributed by atoms with Crippen LogP contribution in [0.25, 0.3) is 0 Å². The van der Waals surface area contributed by atoms with Gasteiger partial charge in [-0.25, -0.2) is 0 Å². The molecule has 1 aromatic heterocycles. The lowest BCUT2D eigenvalue weighted by molar-refractivity contribution is -0.141. The van der Waals surface area contributed by atoms with E-state index in [1.54, 1.807) is 4.90 Å². The Labute approximate surface area is 124 Å². The third-order valence-electron chi connectivity index (χ3n) is 4.13. The maximum Gasteiger partial charge on any atom is 0.305 e. The Morgan fingerprint density at radius 3 is 2.76 bits per heavy atom. The highest BCUT2D eigenvalue weighted by atomic mass is 16.5. The third kappa shape index (κ3) is 3.83. The summed E-state index contributed by atoms with van der Waals surface area (Å²) >= 11 is 0. The predicted octanol–water partition coefficient (Wildman–Crippen LogP) is 2.08. The van der Waals surface area contributed by atoms with Crippen LogP contribution in [0, 0.1) is 13.8 Å². The van der Waals surface area contributed by atoms with E-state index in [4.69, 9.17) is 9.63 Å². The van der Waals surface area contributed by atoms with E-state index >= 15 is 0 Å². The largest absolute Gasteiger partial charge is 0.481 e. The van der Waals surface area contributed by atoms with Crippen molar-refractivity contribution in [2.75, 3.05) is 6.54 Å². The number of aryl methyl sites for hydroxylation is 2. The fraction of sp³-hybridized carbons (Fsp3) is 0.667. The van der Waals surface area contributed by atoms with Gasteiger partial charge in [-0.3, -0.25) is 9.59 Å². The maximum absolute atomic E-state index is 12.4. The van der Waals surface area contributed by atoms with Crippen molar-refractivity contribution in [3.05, 3.63) is 17.0 Å². The van der Waals surface area contributed by atoms with E-state index in [9.17, 15) is 9.59 Å². The van der Waals surface area contributed by atoms with E-state index in [0.29, 0.717) is 19.4 Å². The number of carboxylic acid groups (broad SMARTS) is 1. The second kappa shape index (κ2) is 6.74. The van der Waals surface area contributed by atoms with E-state index in [2.05, 4.69) is 5.16 Å². The minimum atomic E-state index is -0.842. The van der Waals surface area contributed by atoms with Gasteiger partial charge in [0.25, 0.3) is 0 Å². The molecule has 116 valence electrons. The summed E-state index contributed by atoms with van der Waals surface area (Å²) in [5, 5.41) is 12.8. The average molecular weight is 294 g/mol. The Morgan fingerprint density at radius 1 is 1.38 bits per heavy atom. The molecule has 1 aromatic rings. The number of hydrogen-bond acceptors (Lipinski definition) is 4. The molecular formula is C15H22N2O4. The Balaban J connectivity index is 1.96. The van der Waals surface area contributed by atoms with Crippen LogP contribution < -0.4 is 0 Å². The second-order valence-electron chi connectivity index (χ2n) is 5.64. The highest BCUT2D eigenvalue weighted by Gasteiger charge is 2.28. The van der Waals surface area contributed by atoms with Crippen LogP contribution in [0.3, 0.4) is 0 Å². The molecule has 1 unspecified atom stereocenters. The van der Waals surface area contributed by atoms with Crippen LogP contribution in [-0.4, -0.2) is 39.6 Å². The Morgan fingerprint density at radius 2 is 2.14 bits per heavy atom. The van der Waals surface area contributed by atoms with Gasteiger partial charge in [0.15, 0.2) is 0 Å². The first kappa shape index (κ1) is 15.5. The lowest BCUT2D eigenvalue weighted by atomic mass is 9.98. The molecule has 21 heavy (non-hydrogen) atoms. The fourth-order valence-electron chi connectivity index (χ4n) is 2.98. The van der Waals surface area contributed by atoms with Gasteiger partial charge >= 0.3 is 5.97 Å². The van der Waals surface area contributed by atoms with Crippen molar-refractivity contribution in [3.63, 3.8) is 0 Å². The number of amides is 1. The van der Waals surface area contributed by atoms with Gasteiger partial charge < -0.3 is 14.5 Å². The number of carboxylic acids is 1. The molecule has 0 aromatic carbocycles. The van der Waals surface area contributed by atoms with Gasteiger partial charge in [-0.1, -0.05) is 5.16 Å². The number of hydrogen-bond donors (Lipinski definition) is 1. The van der Waals surface area contributed by atoms with Crippen LogP contribution in [0.4, 0.5) is 0 Å². The summed E-state index contributed by atoms with van der Waals surface area (Å²) < 4.78 is 5.09. The third-order valence-corrected chi connectivity index (χ3v) is 4.13. The number of piperidine rings is 1. The molecule has 1 aliphatic heterocycles. The number of aliphatic carboxylic acids is 1. The molecule has 0 saturated carbocycles. The van der Waals surface area contributed by atoms with E-state index in [0.717, 1.165) is 36.3 Å². The maximum atomic E-state index is 12.4. The van der Waals surface area contributed by atoms with Gasteiger partial charge in [-0.05, 0) is 39.5 Å². The minimum absolute atomic E-state index is 0.0287. The van der Waals surface area contributed by atoms with Crippen molar-refractivity contribution < 1.29 is 19.2 Å². The molecule has 1 amide bonds. The summed E-state index contributed by atoms with van der Waals surface area (Å²) in [7, 11) is 0. The van der Waals surface area contributed by atoms with E-state index in [1.165, 1.54) is 0 Å². The SMILES string of the molecule is Cc1noc(C)c1CCC(=O)N1CCCCC1CC(=O)O. The molecule has 6 heteroatoms. The van der Waals surface area contributed by atoms with Crippen molar-refractivity contribution in [3.8, 4) is 0 Å². The number of likely N-dealkylation sites (tertiary alicyclic amines) is 1. The van der Waals surface area contributed by atoms with Crippen LogP contribution in [-0.2, 0) is 16.0 Å². The summed E-state index contributed by atoms with van der Waals surface area (Å²) in [5.41, 5.74) is 1.80. The van der Waals surface area contributed by atoms with Crippen LogP contribution in [0.5, 0.6) is 0 Å². The molecule has 1 saturated heterocycles. The summed E-state index contributed by atoms with van der Waals surface area (Å²) in [6.07, 6.45) is 3.73. The van der Waals surface area contributed by atoms with Gasteiger partial charge in [0, 0.05) is 24.6 Å². The zero-order valence-corrected chi connectivity index (χ0v) is 12.6. The van der Waals surface area contributed by atoms with Gasteiger partial charge in [-0.15, -0.1) is 0 Å². The number of aromatic nitrogens is 1. The topological polar surface area (TPSA) is 83.6 Å². The molecule has 1 aliphatic rings. The molecule has 0 bridgehead atoms. The van der Waals surface area contributed by atoms with Crippen molar-refractivity contribution in [2.24, 2.45) is 0 Å². The molecule has 1 N–H and O–H groups in total. The van der Waals surface area contributed by atoms with Gasteiger partial charge in [0.1, 0.15) is 5.76 Å². The van der Waals surface area contributed by atoms with Crippen LogP contribution >= 0.6 is 0 Å². The quantitative estimate of drug-likeness (QED) is 0.898. The zero-order valence-electron chi connectivity index (χ0n) is 12.6. The number of carbonyl (C=O) groups is 2. The molecule has 0 radical (unpaired) electrons. The fourth-order valence-corrected chi connectivity index (χ4v) is 2.98. The smallest absolute Gasteiger partial charge is 0.305 e. The second-order valence-corrected chi connectivity index (χ2v) is 5.64. The average Bonchev–Trinajstić information content (AvgIpc) is 2.75. The van der Waals surface area contributed by atoms with Gasteiger partial charge in [-0.2, -0.15) is 0 Å². The Hall–Kier alpha value is -1.85. The Kier molecular flexibility index (Phi) is 4.98. The van der Waals surface area contributed by atoms with E-state index in [-0.39, 0.29) is 18.4 Å². The molecule has 0 aliphatic carbocycles. The van der Waals surface area contributed by atoms with Gasteiger partial charge in [0.05, 0.1) is 12.1 Å². The van der Waals surface area contributed by atoms with Crippen LogP contribution in [0.15, 0.2) is 4.52 Å². The highest BCUT2D eigenvalue weighted by molar-refractivity contribution is 5.78. The molecule has 2 rings (SSSR count). The first-order valence-corrected chi connectivity index (χ1v) is 7.42. The Bertz CT molecular complexity index is 504. The summed E-state index contributed by atoms with van der Waals surface area (Å²) in [6, 6.07) is -0.159. The molecule has 1 fully saturated rings. The normalized spacial score (nSPS) is 18.8. The molecule has 2 heterocycles. The minimum Gasteiger partial charge on any atom is -0.481 e. The molecular weight excluding hydrogens is 272 g/mol. The standard InChI is InChI=1S/C15H22N2O4/c1-10-13(11(2)21-16-10)6-7-14(18)17-8-4-3-5-12(17)9-15(19)20/h12H,3-9H2,1-2H3,(H,19,20). The van der Waals surface area contributed by atoms with E-state index in [1.807, 2.05) is 13.8 Å². The molecule has 6 nitrogen and oxygen atoms in total. The zero-order chi connectivity index (χ0) is 15.4. The predicted molar refractivity (Wildman–Crippen MR) is 75.9 cm³/mol. The lowest BCUT2D eigenvalue weighted by Gasteiger charge is -2.35. The van der Waals surface area contributed by atoms with Crippen LogP contribution in [0.2, 0.25) is 0 Å². The summed E-state index contributed by atoms with van der Waals surface area (Å²) in [5.74, 6) is -0.0626. The number of rotatable bonds is 5. The summed E-state index contributed by atoms with van der Waals surface area (Å²) in [6.45, 7) is 4.37. The summed E-state index contributed by atoms with van der Waals surface area (Å²) in [4.78, 5) is 25.0. The highest BCUT2D eigenvalue weighted by Crippen LogP contribution is 2.22. The first-order valence-electron chi connectivity index (χ1n) is 7.42. The van der Waals surface area contributed by atoms with Crippen molar-refractivity contribution >= 4 is 11.9 Å². The van der Waals surface area contributed by atoms with Crippen molar-refractivity contribution in [1.82, 2.24) is 10.1 Å². The van der Waals surface area contributed by atoms with Crippen molar-refractivity contribution in [1.29, 1.82) is 0 Å². The number of carbonyl (C=O) groups excluding carboxylic acids is 1. The lowest BCUT2D eigenvalue weighted by Crippen LogP contribution is -2.44. The first-order chi connectivity index (χ1) is 9.99. The monoisotopic (exact) mass is 294 g/mol. The molecule has 1 atom stereocenters. The van der Waals surface area contributed by atoms with Crippen molar-refractivity contribution in [2.45, 2.75) is 58.4 Å².